The van der Waals surface area contributed by atoms with E-state index in [-0.39, 0.29) is 5.41 Å². The van der Waals surface area contributed by atoms with Crippen molar-refractivity contribution >= 4 is 111 Å². The zero-order chi connectivity index (χ0) is 60.4. The van der Waals surface area contributed by atoms with Crippen molar-refractivity contribution < 1.29 is 0 Å². The molecule has 0 unspecified atom stereocenters. The Kier molecular flexibility index (Phi) is 14.2. The highest BCUT2D eigenvalue weighted by Crippen LogP contribution is 2.53. The summed E-state index contributed by atoms with van der Waals surface area (Å²) in [5.74, 6) is 0. The van der Waals surface area contributed by atoms with Crippen LogP contribution < -0.4 is 9.80 Å². The number of hydrogen-bond donors (Lipinski definition) is 0. The molecule has 14 aromatic carbocycles. The van der Waals surface area contributed by atoms with E-state index in [4.69, 9.17) is 0 Å². The number of benzene rings is 14. The smallest absolute Gasteiger partial charge is 0.0619 e. The van der Waals surface area contributed by atoms with Crippen molar-refractivity contribution in [1.82, 2.24) is 0 Å². The highest BCUT2D eigenvalue weighted by molar-refractivity contribution is 6.41. The number of anilines is 6. The van der Waals surface area contributed by atoms with Crippen LogP contribution in [0.3, 0.4) is 0 Å². The molecule has 0 atom stereocenters. The average Bonchev–Trinajstić information content (AvgIpc) is 0.702. The minimum absolute atomic E-state index is 0.0971. The normalized spacial score (nSPS) is 11.7. The maximum absolute atomic E-state index is 2.52. The van der Waals surface area contributed by atoms with Crippen molar-refractivity contribution in [2.24, 2.45) is 0 Å². The molecule has 88 heavy (non-hydrogen) atoms. The third-order valence-corrected chi connectivity index (χ3v) is 18.0. The molecule has 0 bridgehead atoms. The number of hydrogen-bond acceptors (Lipinski definition) is 2. The van der Waals surface area contributed by atoms with Crippen molar-refractivity contribution in [3.8, 4) is 0 Å². The predicted molar refractivity (Wildman–Crippen MR) is 381 cm³/mol. The third kappa shape index (κ3) is 10.4. The molecule has 0 spiro atoms. The number of rotatable bonds is 12. The Labute approximate surface area is 519 Å². The minimum Gasteiger partial charge on any atom is -0.310 e. The van der Waals surface area contributed by atoms with E-state index in [9.17, 15) is 0 Å². The molecule has 0 heterocycles. The zero-order valence-corrected chi connectivity index (χ0v) is 51.9. The maximum atomic E-state index is 2.52. The molecule has 0 fully saturated rings. The molecule has 14 rings (SSSR count). The zero-order valence-electron chi connectivity index (χ0n) is 51.9. The fourth-order valence-corrected chi connectivity index (χ4v) is 13.1. The summed E-state index contributed by atoms with van der Waals surface area (Å²) in [6.45, 7) is 20.0. The lowest BCUT2D eigenvalue weighted by Crippen LogP contribution is -2.13. The Hall–Kier alpha value is -10.3. The van der Waals surface area contributed by atoms with E-state index in [1.54, 1.807) is 0 Å². The summed E-state index contributed by atoms with van der Waals surface area (Å²) < 4.78 is 0. The van der Waals surface area contributed by atoms with Crippen molar-refractivity contribution in [2.75, 3.05) is 9.80 Å². The third-order valence-electron chi connectivity index (χ3n) is 18.0. The van der Waals surface area contributed by atoms with Gasteiger partial charge in [0.25, 0.3) is 0 Å². The monoisotopic (exact) mass is 1130 g/mol. The molecule has 0 radical (unpaired) electrons. The van der Waals surface area contributed by atoms with Crippen LogP contribution in [0.1, 0.15) is 93.1 Å². The largest absolute Gasteiger partial charge is 0.310 e. The molecule has 0 aliphatic rings. The van der Waals surface area contributed by atoms with Crippen LogP contribution in [-0.2, 0) is 5.41 Å². The summed E-state index contributed by atoms with van der Waals surface area (Å²) in [4.78, 5) is 4.97. The van der Waals surface area contributed by atoms with Gasteiger partial charge in [-0.25, -0.2) is 0 Å². The summed E-state index contributed by atoms with van der Waals surface area (Å²) in [5.41, 5.74) is 24.8. The molecule has 0 N–H and O–H groups in total. The average molecular weight is 1130 g/mol. The van der Waals surface area contributed by atoms with E-state index in [0.29, 0.717) is 0 Å². The van der Waals surface area contributed by atoms with Crippen LogP contribution in [0.15, 0.2) is 261 Å². The van der Waals surface area contributed by atoms with Crippen molar-refractivity contribution in [2.45, 2.75) is 67.7 Å². The van der Waals surface area contributed by atoms with E-state index < -0.39 is 0 Å². The quantitative estimate of drug-likeness (QED) is 0.0683. The molecule has 0 saturated carbocycles. The van der Waals surface area contributed by atoms with Crippen LogP contribution >= 0.6 is 0 Å². The molecular weight excluding hydrogens is 1060 g/mol. The first-order valence-electron chi connectivity index (χ1n) is 31.0. The number of nitrogens with zero attached hydrogens (tertiary/aromatic N) is 2. The van der Waals surface area contributed by atoms with Gasteiger partial charge in [-0.2, -0.15) is 0 Å². The number of aryl methyl sites for hydroxylation is 6. The van der Waals surface area contributed by atoms with Gasteiger partial charge >= 0.3 is 0 Å². The molecule has 0 aromatic heterocycles. The van der Waals surface area contributed by atoms with E-state index in [2.05, 4.69) is 345 Å². The molecule has 0 aliphatic heterocycles. The molecule has 0 saturated heterocycles. The summed E-state index contributed by atoms with van der Waals surface area (Å²) in [6.07, 6.45) is 4.68. The molecule has 2 heteroatoms. The molecule has 0 amide bonds. The summed E-state index contributed by atoms with van der Waals surface area (Å²) in [6, 6.07) is 98.1. The van der Waals surface area contributed by atoms with Crippen LogP contribution in [0.2, 0.25) is 0 Å². The minimum atomic E-state index is -0.0971. The topological polar surface area (TPSA) is 6.48 Å². The lowest BCUT2D eigenvalue weighted by atomic mass is 9.82. The highest BCUT2D eigenvalue weighted by Gasteiger charge is 2.27. The Morgan fingerprint density at radius 1 is 0.284 bits per heavy atom. The maximum Gasteiger partial charge on any atom is 0.0619 e. The SMILES string of the molecule is Cc1ccc(C(=Cc2ccc(N(c3ccc(C)cc3)c3ccc4c5cccc6c(N(c7ccc(C)cc7)c7ccc(C=C(c8ccc(C)cc8)c8ccc(C)cc8)cc7)c7ccc(C(C)(C)C)cc7c(c7cccc3c47)c65)cc2)c2ccc(C)cc2)cc1. The fourth-order valence-electron chi connectivity index (χ4n) is 13.1. The second-order valence-electron chi connectivity index (χ2n) is 25.4. The van der Waals surface area contributed by atoms with Gasteiger partial charge in [0.05, 0.1) is 11.4 Å². The predicted octanol–water partition coefficient (Wildman–Crippen LogP) is 24.2. The van der Waals surface area contributed by atoms with Crippen LogP contribution in [0, 0.1) is 41.5 Å². The van der Waals surface area contributed by atoms with Crippen LogP contribution in [0.4, 0.5) is 34.1 Å². The number of fused-ring (bicyclic) bond motifs is 4. The van der Waals surface area contributed by atoms with Gasteiger partial charge in [-0.3, -0.25) is 0 Å². The van der Waals surface area contributed by atoms with Gasteiger partial charge < -0.3 is 9.80 Å². The molecule has 14 aromatic rings. The lowest BCUT2D eigenvalue weighted by Gasteiger charge is -2.31. The summed E-state index contributed by atoms with van der Waals surface area (Å²) >= 11 is 0. The highest BCUT2D eigenvalue weighted by atomic mass is 15.2. The van der Waals surface area contributed by atoms with Gasteiger partial charge in [0.1, 0.15) is 0 Å². The van der Waals surface area contributed by atoms with Gasteiger partial charge in [-0.05, 0) is 202 Å². The van der Waals surface area contributed by atoms with Gasteiger partial charge in [0.15, 0.2) is 0 Å². The first-order valence-corrected chi connectivity index (χ1v) is 31.0. The van der Waals surface area contributed by atoms with Crippen molar-refractivity contribution in [3.63, 3.8) is 0 Å². The van der Waals surface area contributed by atoms with E-state index in [1.165, 1.54) is 132 Å². The first-order chi connectivity index (χ1) is 42.7. The second kappa shape index (κ2) is 22.5. The summed E-state index contributed by atoms with van der Waals surface area (Å²) in [7, 11) is 0. The lowest BCUT2D eigenvalue weighted by molar-refractivity contribution is 0.591. The Bertz CT molecular complexity index is 4870. The van der Waals surface area contributed by atoms with E-state index in [0.717, 1.165) is 39.6 Å². The Morgan fingerprint density at radius 3 is 1.06 bits per heavy atom. The van der Waals surface area contributed by atoms with Gasteiger partial charge in [-0.1, -0.05) is 254 Å². The molecular formula is C86H72N2. The van der Waals surface area contributed by atoms with Crippen molar-refractivity contribution in [3.05, 3.63) is 333 Å². The van der Waals surface area contributed by atoms with Crippen molar-refractivity contribution in [1.29, 1.82) is 0 Å². The molecule has 426 valence electrons. The second-order valence-corrected chi connectivity index (χ2v) is 25.4. The van der Waals surface area contributed by atoms with Crippen LogP contribution in [0.5, 0.6) is 0 Å². The van der Waals surface area contributed by atoms with E-state index >= 15 is 0 Å². The molecule has 2 nitrogen and oxygen atoms in total. The fraction of sp³-hybridized carbons (Fsp3) is 0.116. The first kappa shape index (κ1) is 55.6. The van der Waals surface area contributed by atoms with Crippen LogP contribution in [0.25, 0.3) is 77.2 Å². The summed E-state index contributed by atoms with van der Waals surface area (Å²) in [5, 5.41) is 12.4. The Balaban J connectivity index is 0.966. The standard InChI is InChI=1S/C86H72N2/c1-55-16-32-63(33-17-55)78(64-34-18-56(2)19-35-64)52-61-28-45-69(46-29-61)87(68-41-24-59(5)25-42-68)81-51-50-73-72-12-10-15-77-83(72)84(76-14-11-13-75(81)82(73)76)80-54-67(86(7,8)9)40-49-74(80)85(77)88(70-43-26-60(6)27-44-70)71-47-30-62(31-48-71)53-79(65-36-20-57(3)21-37-65)66-38-22-58(4)23-39-66/h10-54H,1-9H3. The van der Waals surface area contributed by atoms with Crippen LogP contribution in [-0.4, -0.2) is 0 Å². The van der Waals surface area contributed by atoms with E-state index in [1.807, 2.05) is 0 Å². The molecule has 0 aliphatic carbocycles. The van der Waals surface area contributed by atoms with Gasteiger partial charge in [0, 0.05) is 44.3 Å². The van der Waals surface area contributed by atoms with Gasteiger partial charge in [-0.15, -0.1) is 0 Å². The Morgan fingerprint density at radius 2 is 0.625 bits per heavy atom. The van der Waals surface area contributed by atoms with Gasteiger partial charge in [0.2, 0.25) is 0 Å².